The summed E-state index contributed by atoms with van der Waals surface area (Å²) in [6, 6.07) is 12.2. The molecule has 2 aromatic rings. The van der Waals surface area contributed by atoms with E-state index >= 15 is 0 Å². The van der Waals surface area contributed by atoms with Gasteiger partial charge >= 0.3 is 5.97 Å². The lowest BCUT2D eigenvalue weighted by molar-refractivity contribution is -0.152. The van der Waals surface area contributed by atoms with Gasteiger partial charge in [0, 0.05) is 10.7 Å². The summed E-state index contributed by atoms with van der Waals surface area (Å²) in [6.07, 6.45) is -0.989. The fourth-order valence-corrected chi connectivity index (χ4v) is 2.06. The molecule has 2 rings (SSSR count). The van der Waals surface area contributed by atoms with Crippen LogP contribution in [0.3, 0.4) is 0 Å². The number of esters is 1. The van der Waals surface area contributed by atoms with Gasteiger partial charge in [0.15, 0.2) is 6.10 Å². The maximum atomic E-state index is 12.8. The van der Waals surface area contributed by atoms with Crippen LogP contribution in [0.4, 0.5) is 10.1 Å². The number of carbonyl (C=O) groups is 2. The Balaban J connectivity index is 1.87. The molecule has 0 heterocycles. The summed E-state index contributed by atoms with van der Waals surface area (Å²) in [5.41, 5.74) is 1.13. The summed E-state index contributed by atoms with van der Waals surface area (Å²) in [5, 5.41) is 3.10. The third-order valence-electron chi connectivity index (χ3n) is 3.03. The highest BCUT2D eigenvalue weighted by Crippen LogP contribution is 2.15. The number of benzene rings is 2. The van der Waals surface area contributed by atoms with E-state index in [4.69, 9.17) is 16.3 Å². The number of hydrogen-bond donors (Lipinski definition) is 1. The second-order valence-corrected chi connectivity index (χ2v) is 5.37. The Morgan fingerprint density at radius 2 is 1.91 bits per heavy atom. The third kappa shape index (κ3) is 5.38. The van der Waals surface area contributed by atoms with E-state index in [1.54, 1.807) is 24.3 Å². The average molecular weight is 336 g/mol. The van der Waals surface area contributed by atoms with Gasteiger partial charge in [-0.05, 0) is 42.8 Å². The topological polar surface area (TPSA) is 55.4 Å². The molecule has 0 fully saturated rings. The van der Waals surface area contributed by atoms with Gasteiger partial charge < -0.3 is 10.1 Å². The van der Waals surface area contributed by atoms with E-state index in [0.717, 1.165) is 0 Å². The van der Waals surface area contributed by atoms with Gasteiger partial charge in [-0.1, -0.05) is 29.8 Å². The van der Waals surface area contributed by atoms with E-state index in [2.05, 4.69) is 5.32 Å². The molecule has 120 valence electrons. The summed E-state index contributed by atoms with van der Waals surface area (Å²) >= 11 is 5.83. The van der Waals surface area contributed by atoms with Gasteiger partial charge in [-0.3, -0.25) is 9.59 Å². The molecule has 0 saturated heterocycles. The van der Waals surface area contributed by atoms with Crippen LogP contribution in [0.5, 0.6) is 0 Å². The highest BCUT2D eigenvalue weighted by Gasteiger charge is 2.18. The third-order valence-corrected chi connectivity index (χ3v) is 3.27. The second kappa shape index (κ2) is 7.74. The standard InChI is InChI=1S/C17H15ClFNO3/c1-11(17(22)20-15-4-2-3-13(18)10-15)23-16(21)9-12-5-7-14(19)8-6-12/h2-8,10-11H,9H2,1H3,(H,20,22)/t11-/m1/s1. The van der Waals surface area contributed by atoms with E-state index < -0.39 is 18.0 Å². The Morgan fingerprint density at radius 3 is 2.57 bits per heavy atom. The number of ether oxygens (including phenoxy) is 1. The molecule has 23 heavy (non-hydrogen) atoms. The number of hydrogen-bond acceptors (Lipinski definition) is 3. The van der Waals surface area contributed by atoms with E-state index in [1.165, 1.54) is 31.2 Å². The predicted molar refractivity (Wildman–Crippen MR) is 85.7 cm³/mol. The molecule has 0 aliphatic rings. The number of rotatable bonds is 5. The van der Waals surface area contributed by atoms with Crippen LogP contribution >= 0.6 is 11.6 Å². The molecule has 1 N–H and O–H groups in total. The minimum atomic E-state index is -0.957. The van der Waals surface area contributed by atoms with Gasteiger partial charge in [-0.15, -0.1) is 0 Å². The SMILES string of the molecule is C[C@@H](OC(=O)Cc1ccc(F)cc1)C(=O)Nc1cccc(Cl)c1. The normalized spacial score (nSPS) is 11.6. The molecule has 0 aliphatic carbocycles. The largest absolute Gasteiger partial charge is 0.452 e. The van der Waals surface area contributed by atoms with Crippen molar-refractivity contribution in [2.75, 3.05) is 5.32 Å². The molecule has 0 spiro atoms. The first-order valence-corrected chi connectivity index (χ1v) is 7.32. The number of nitrogens with one attached hydrogen (secondary N) is 1. The van der Waals surface area contributed by atoms with Gasteiger partial charge in [-0.25, -0.2) is 4.39 Å². The zero-order valence-corrected chi connectivity index (χ0v) is 13.1. The highest BCUT2D eigenvalue weighted by molar-refractivity contribution is 6.30. The molecule has 0 radical (unpaired) electrons. The molecular formula is C17H15ClFNO3. The Kier molecular flexibility index (Phi) is 5.71. The van der Waals surface area contributed by atoms with Crippen LogP contribution in [-0.4, -0.2) is 18.0 Å². The molecule has 0 aliphatic heterocycles. The number of amides is 1. The van der Waals surface area contributed by atoms with Gasteiger partial charge in [-0.2, -0.15) is 0 Å². The van der Waals surface area contributed by atoms with Crippen molar-refractivity contribution in [3.05, 3.63) is 64.9 Å². The molecule has 4 nitrogen and oxygen atoms in total. The van der Waals surface area contributed by atoms with E-state index in [1.807, 2.05) is 0 Å². The minimum Gasteiger partial charge on any atom is -0.452 e. The molecule has 1 amide bonds. The lowest BCUT2D eigenvalue weighted by Crippen LogP contribution is -2.30. The zero-order valence-electron chi connectivity index (χ0n) is 12.4. The minimum absolute atomic E-state index is 0.0327. The van der Waals surface area contributed by atoms with Crippen molar-refractivity contribution in [3.8, 4) is 0 Å². The molecular weight excluding hydrogens is 321 g/mol. The maximum Gasteiger partial charge on any atom is 0.311 e. The van der Waals surface area contributed by atoms with Crippen LogP contribution < -0.4 is 5.32 Å². The average Bonchev–Trinajstić information content (AvgIpc) is 2.49. The number of halogens is 2. The molecule has 0 aromatic heterocycles. The second-order valence-electron chi connectivity index (χ2n) is 4.93. The van der Waals surface area contributed by atoms with Gasteiger partial charge in [0.05, 0.1) is 6.42 Å². The summed E-state index contributed by atoms with van der Waals surface area (Å²) in [6.45, 7) is 1.47. The summed E-state index contributed by atoms with van der Waals surface area (Å²) in [7, 11) is 0. The van der Waals surface area contributed by atoms with E-state index in [0.29, 0.717) is 16.3 Å². The summed E-state index contributed by atoms with van der Waals surface area (Å²) in [4.78, 5) is 23.8. The smallest absolute Gasteiger partial charge is 0.311 e. The molecule has 2 aromatic carbocycles. The Morgan fingerprint density at radius 1 is 1.22 bits per heavy atom. The monoisotopic (exact) mass is 335 g/mol. The van der Waals surface area contributed by atoms with Crippen LogP contribution in [0, 0.1) is 5.82 Å². The molecule has 0 unspecified atom stereocenters. The number of carbonyl (C=O) groups excluding carboxylic acids is 2. The first-order chi connectivity index (χ1) is 10.9. The fourth-order valence-electron chi connectivity index (χ4n) is 1.87. The van der Waals surface area contributed by atoms with Crippen molar-refractivity contribution in [2.45, 2.75) is 19.4 Å². The van der Waals surface area contributed by atoms with Crippen molar-refractivity contribution in [2.24, 2.45) is 0 Å². The van der Waals surface area contributed by atoms with Crippen molar-refractivity contribution < 1.29 is 18.7 Å². The quantitative estimate of drug-likeness (QED) is 0.849. The van der Waals surface area contributed by atoms with E-state index in [-0.39, 0.29) is 12.2 Å². The van der Waals surface area contributed by atoms with Crippen LogP contribution in [0.15, 0.2) is 48.5 Å². The van der Waals surface area contributed by atoms with Gasteiger partial charge in [0.2, 0.25) is 0 Å². The lowest BCUT2D eigenvalue weighted by Gasteiger charge is -2.13. The van der Waals surface area contributed by atoms with E-state index in [9.17, 15) is 14.0 Å². The molecule has 0 saturated carbocycles. The van der Waals surface area contributed by atoms with Crippen LogP contribution in [0.1, 0.15) is 12.5 Å². The van der Waals surface area contributed by atoms with Crippen molar-refractivity contribution >= 4 is 29.2 Å². The van der Waals surface area contributed by atoms with Crippen LogP contribution in [0.2, 0.25) is 5.02 Å². The number of anilines is 1. The zero-order chi connectivity index (χ0) is 16.8. The van der Waals surface area contributed by atoms with Crippen molar-refractivity contribution in [3.63, 3.8) is 0 Å². The van der Waals surface area contributed by atoms with Crippen molar-refractivity contribution in [1.82, 2.24) is 0 Å². The molecule has 0 bridgehead atoms. The molecule has 6 heteroatoms. The predicted octanol–water partition coefficient (Wildman–Crippen LogP) is 3.59. The molecule has 1 atom stereocenters. The first-order valence-electron chi connectivity index (χ1n) is 6.94. The Bertz CT molecular complexity index is 703. The first kappa shape index (κ1) is 17.0. The Hall–Kier alpha value is -2.40. The lowest BCUT2D eigenvalue weighted by atomic mass is 10.1. The highest BCUT2D eigenvalue weighted by atomic mass is 35.5. The van der Waals surface area contributed by atoms with Crippen LogP contribution in [0.25, 0.3) is 0 Å². The fraction of sp³-hybridized carbons (Fsp3) is 0.176. The van der Waals surface area contributed by atoms with Crippen molar-refractivity contribution in [1.29, 1.82) is 0 Å². The summed E-state index contributed by atoms with van der Waals surface area (Å²) in [5.74, 6) is -1.40. The maximum absolute atomic E-state index is 12.8. The van der Waals surface area contributed by atoms with Gasteiger partial charge in [0.1, 0.15) is 5.82 Å². The Labute approximate surface area is 138 Å². The van der Waals surface area contributed by atoms with Crippen LogP contribution in [-0.2, 0) is 20.7 Å². The van der Waals surface area contributed by atoms with Gasteiger partial charge in [0.25, 0.3) is 5.91 Å². The summed E-state index contributed by atoms with van der Waals surface area (Å²) < 4.78 is 17.9.